The number of carbonyl (C=O) groups is 2. The molecule has 1 amide bonds. The van der Waals surface area contributed by atoms with Gasteiger partial charge in [0.25, 0.3) is 0 Å². The van der Waals surface area contributed by atoms with E-state index < -0.39 is 10.0 Å². The Bertz CT molecular complexity index is 1030. The van der Waals surface area contributed by atoms with E-state index in [-0.39, 0.29) is 29.7 Å². The van der Waals surface area contributed by atoms with Crippen LogP contribution in [-0.4, -0.2) is 49.5 Å². The summed E-state index contributed by atoms with van der Waals surface area (Å²) in [6, 6.07) is 5.69. The van der Waals surface area contributed by atoms with Crippen LogP contribution in [0.1, 0.15) is 40.7 Å². The largest absolute Gasteiger partial charge is 0.295 e. The average molecular weight is 448 g/mol. The van der Waals surface area contributed by atoms with Crippen molar-refractivity contribution >= 4 is 38.2 Å². The zero-order valence-electron chi connectivity index (χ0n) is 17.1. The lowest BCUT2D eigenvalue weighted by molar-refractivity contribution is -0.118. The summed E-state index contributed by atoms with van der Waals surface area (Å²) in [5.41, 5.74) is 1.47. The molecule has 0 saturated heterocycles. The van der Waals surface area contributed by atoms with Gasteiger partial charge >= 0.3 is 0 Å². The molecule has 3 rings (SSSR count). The molecule has 2 aromatic rings. The number of ketones is 1. The van der Waals surface area contributed by atoms with E-state index in [1.54, 1.807) is 6.08 Å². The maximum atomic E-state index is 13.0. The van der Waals surface area contributed by atoms with Crippen molar-refractivity contribution in [3.63, 3.8) is 0 Å². The van der Waals surface area contributed by atoms with E-state index in [0.29, 0.717) is 10.7 Å². The lowest BCUT2D eigenvalue weighted by atomic mass is 10.0. The molecule has 1 aliphatic carbocycles. The van der Waals surface area contributed by atoms with Gasteiger partial charge in [-0.15, -0.1) is 17.9 Å². The first kappa shape index (κ1) is 22.3. The molecule has 1 aromatic heterocycles. The molecular formula is C21H25N3O4S2. The number of amides is 1. The third kappa shape index (κ3) is 4.69. The zero-order chi connectivity index (χ0) is 21.9. The summed E-state index contributed by atoms with van der Waals surface area (Å²) in [7, 11) is -2.51. The van der Waals surface area contributed by atoms with Crippen LogP contribution in [0.25, 0.3) is 0 Å². The third-order valence-corrected chi connectivity index (χ3v) is 8.00. The summed E-state index contributed by atoms with van der Waals surface area (Å²) >= 11 is 1.49. The number of carbonyl (C=O) groups excluding carboxylic acids is 2. The van der Waals surface area contributed by atoms with Crippen molar-refractivity contribution in [2.45, 2.75) is 37.5 Å². The molecule has 0 fully saturated rings. The number of Topliss-reactive ketones (excluding diaryl/α,β-unsaturated/α-hetero) is 1. The summed E-state index contributed by atoms with van der Waals surface area (Å²) in [6.07, 6.45) is 5.69. The van der Waals surface area contributed by atoms with Crippen molar-refractivity contribution in [3.05, 3.63) is 53.1 Å². The monoisotopic (exact) mass is 447 g/mol. The molecule has 0 aliphatic heterocycles. The number of thiazole rings is 1. The van der Waals surface area contributed by atoms with Crippen molar-refractivity contribution in [1.82, 2.24) is 9.29 Å². The normalized spacial score (nSPS) is 13.7. The topological polar surface area (TPSA) is 87.7 Å². The van der Waals surface area contributed by atoms with Gasteiger partial charge in [0.2, 0.25) is 15.9 Å². The Morgan fingerprint density at radius 2 is 1.87 bits per heavy atom. The zero-order valence-corrected chi connectivity index (χ0v) is 18.8. The number of sulfonamides is 1. The van der Waals surface area contributed by atoms with Gasteiger partial charge < -0.3 is 0 Å². The van der Waals surface area contributed by atoms with Gasteiger partial charge in [0, 0.05) is 24.0 Å². The molecule has 9 heteroatoms. The van der Waals surface area contributed by atoms with Crippen LogP contribution < -0.4 is 4.90 Å². The minimum absolute atomic E-state index is 0.0304. The van der Waals surface area contributed by atoms with Crippen LogP contribution in [0.2, 0.25) is 0 Å². The fraction of sp³-hybridized carbons (Fsp3) is 0.381. The molecule has 1 aliphatic rings. The highest BCUT2D eigenvalue weighted by atomic mass is 32.2. The second-order valence-electron chi connectivity index (χ2n) is 7.21. The highest BCUT2D eigenvalue weighted by Gasteiger charge is 2.28. The summed E-state index contributed by atoms with van der Waals surface area (Å²) in [4.78, 5) is 31.7. The van der Waals surface area contributed by atoms with E-state index in [1.807, 2.05) is 0 Å². The fourth-order valence-corrected chi connectivity index (χ4v) is 5.57. The minimum atomic E-state index is -3.88. The molecule has 0 spiro atoms. The van der Waals surface area contributed by atoms with E-state index in [2.05, 4.69) is 11.6 Å². The van der Waals surface area contributed by atoms with E-state index in [0.717, 1.165) is 35.7 Å². The Balaban J connectivity index is 1.78. The summed E-state index contributed by atoms with van der Waals surface area (Å²) < 4.78 is 26.7. The second kappa shape index (κ2) is 9.20. The van der Waals surface area contributed by atoms with Crippen molar-refractivity contribution in [2.75, 3.05) is 25.0 Å². The molecule has 0 radical (unpaired) electrons. The van der Waals surface area contributed by atoms with Crippen LogP contribution in [-0.2, 0) is 27.7 Å². The van der Waals surface area contributed by atoms with E-state index in [9.17, 15) is 18.0 Å². The predicted molar refractivity (Wildman–Crippen MR) is 118 cm³/mol. The van der Waals surface area contributed by atoms with Gasteiger partial charge in [0.1, 0.15) is 0 Å². The molecule has 160 valence electrons. The fourth-order valence-electron chi connectivity index (χ4n) is 3.27. The molecule has 30 heavy (non-hydrogen) atoms. The minimum Gasteiger partial charge on any atom is -0.295 e. The van der Waals surface area contributed by atoms with E-state index in [4.69, 9.17) is 0 Å². The number of hydrogen-bond donors (Lipinski definition) is 0. The van der Waals surface area contributed by atoms with Gasteiger partial charge in [-0.1, -0.05) is 18.2 Å². The van der Waals surface area contributed by atoms with Crippen molar-refractivity contribution in [1.29, 1.82) is 0 Å². The van der Waals surface area contributed by atoms with E-state index >= 15 is 0 Å². The molecule has 0 N–H and O–H groups in total. The third-order valence-electron chi connectivity index (χ3n) is 5.00. The quantitative estimate of drug-likeness (QED) is 0.458. The standard InChI is InChI=1S/C21H25N3O4S2/c1-4-13-24(21-22-18-7-5-6-8-19(18)29-21)20(26)14-23(3)30(27,28)17-11-9-16(10-12-17)15(2)25/h4,9-12H,1,5-8,13-14H2,2-3H3. The molecule has 0 atom stereocenters. The number of aromatic nitrogens is 1. The number of rotatable bonds is 8. The van der Waals surface area contributed by atoms with Crippen molar-refractivity contribution < 1.29 is 18.0 Å². The highest BCUT2D eigenvalue weighted by molar-refractivity contribution is 7.89. The highest BCUT2D eigenvalue weighted by Crippen LogP contribution is 2.32. The number of likely N-dealkylation sites (N-methyl/N-ethyl adjacent to an activating group) is 1. The maximum absolute atomic E-state index is 13.0. The molecule has 0 saturated carbocycles. The van der Waals surface area contributed by atoms with Gasteiger partial charge in [-0.2, -0.15) is 4.31 Å². The van der Waals surface area contributed by atoms with Gasteiger partial charge in [-0.05, 0) is 44.7 Å². The van der Waals surface area contributed by atoms with Crippen LogP contribution in [0, 0.1) is 0 Å². The molecular weight excluding hydrogens is 422 g/mol. The number of aryl methyl sites for hydroxylation is 2. The van der Waals surface area contributed by atoms with Gasteiger partial charge in [-0.25, -0.2) is 13.4 Å². The Kier molecular flexibility index (Phi) is 6.84. The second-order valence-corrected chi connectivity index (χ2v) is 10.3. The summed E-state index contributed by atoms with van der Waals surface area (Å²) in [5, 5.41) is 0.586. The van der Waals surface area contributed by atoms with Crippen molar-refractivity contribution in [2.24, 2.45) is 0 Å². The van der Waals surface area contributed by atoms with Gasteiger partial charge in [0.05, 0.1) is 17.1 Å². The van der Waals surface area contributed by atoms with Crippen LogP contribution in [0.5, 0.6) is 0 Å². The summed E-state index contributed by atoms with van der Waals surface area (Å²) in [5.74, 6) is -0.513. The molecule has 0 unspecified atom stereocenters. The number of benzene rings is 1. The summed E-state index contributed by atoms with van der Waals surface area (Å²) in [6.45, 7) is 5.06. The van der Waals surface area contributed by atoms with Crippen LogP contribution in [0.4, 0.5) is 5.13 Å². The van der Waals surface area contributed by atoms with Crippen LogP contribution >= 0.6 is 11.3 Å². The molecule has 1 heterocycles. The van der Waals surface area contributed by atoms with Crippen molar-refractivity contribution in [3.8, 4) is 0 Å². The van der Waals surface area contributed by atoms with Gasteiger partial charge in [-0.3, -0.25) is 14.5 Å². The Hall–Kier alpha value is -2.36. The molecule has 7 nitrogen and oxygen atoms in total. The first-order valence-electron chi connectivity index (χ1n) is 9.71. The van der Waals surface area contributed by atoms with Crippen LogP contribution in [0.3, 0.4) is 0 Å². The Morgan fingerprint density at radius 1 is 1.20 bits per heavy atom. The molecule has 0 bridgehead atoms. The SMILES string of the molecule is C=CCN(C(=O)CN(C)S(=O)(=O)c1ccc(C(C)=O)cc1)c1nc2c(s1)CCCC2. The predicted octanol–water partition coefficient (Wildman–Crippen LogP) is 3.06. The van der Waals surface area contributed by atoms with Gasteiger partial charge in [0.15, 0.2) is 10.9 Å². The number of fused-ring (bicyclic) bond motifs is 1. The first-order chi connectivity index (χ1) is 14.2. The smallest absolute Gasteiger partial charge is 0.244 e. The lowest BCUT2D eigenvalue weighted by Crippen LogP contribution is -2.41. The average Bonchev–Trinajstić information content (AvgIpc) is 3.15. The number of anilines is 1. The maximum Gasteiger partial charge on any atom is 0.244 e. The number of hydrogen-bond acceptors (Lipinski definition) is 6. The number of nitrogens with zero attached hydrogens (tertiary/aromatic N) is 3. The molecule has 1 aromatic carbocycles. The van der Waals surface area contributed by atoms with Crippen LogP contribution in [0.15, 0.2) is 41.8 Å². The first-order valence-corrected chi connectivity index (χ1v) is 12.0. The lowest BCUT2D eigenvalue weighted by Gasteiger charge is -2.22. The Morgan fingerprint density at radius 3 is 2.47 bits per heavy atom. The Labute approximate surface area is 181 Å². The van der Waals surface area contributed by atoms with E-state index in [1.165, 1.54) is 59.4 Å².